The van der Waals surface area contributed by atoms with Crippen LogP contribution in [0.15, 0.2) is 65.3 Å². The average Bonchev–Trinajstić information content (AvgIpc) is 3.06. The van der Waals surface area contributed by atoms with Gasteiger partial charge in [0.2, 0.25) is 0 Å². The molecular weight excluding hydrogens is 276 g/mol. The minimum absolute atomic E-state index is 0.221. The van der Waals surface area contributed by atoms with E-state index in [0.29, 0.717) is 11.3 Å². The number of aromatic nitrogens is 1. The number of rotatable bonds is 4. The lowest BCUT2D eigenvalue weighted by atomic mass is 10.1. The molecule has 0 aliphatic carbocycles. The zero-order valence-corrected chi connectivity index (χ0v) is 12.2. The van der Waals surface area contributed by atoms with Gasteiger partial charge in [0.05, 0.1) is 6.20 Å². The first kappa shape index (κ1) is 14.1. The highest BCUT2D eigenvalue weighted by atomic mass is 16.5. The number of amides is 1. The summed E-state index contributed by atoms with van der Waals surface area (Å²) in [6.07, 6.45) is 2.30. The number of para-hydroxylation sites is 1. The Kier molecular flexibility index (Phi) is 4.01. The van der Waals surface area contributed by atoms with Crippen LogP contribution >= 0.6 is 0 Å². The Labute approximate surface area is 128 Å². The third-order valence-electron chi connectivity index (χ3n) is 3.50. The van der Waals surface area contributed by atoms with E-state index in [9.17, 15) is 4.79 Å². The van der Waals surface area contributed by atoms with Crippen LogP contribution in [-0.4, -0.2) is 11.1 Å². The molecule has 22 heavy (non-hydrogen) atoms. The van der Waals surface area contributed by atoms with Gasteiger partial charge in [-0.1, -0.05) is 60.6 Å². The van der Waals surface area contributed by atoms with E-state index in [-0.39, 0.29) is 5.91 Å². The first-order valence-corrected chi connectivity index (χ1v) is 7.19. The first-order chi connectivity index (χ1) is 10.8. The average molecular weight is 292 g/mol. The normalized spacial score (nSPS) is 10.4. The van der Waals surface area contributed by atoms with Crippen molar-refractivity contribution < 1.29 is 9.32 Å². The molecule has 0 aliphatic rings. The number of hydrogen-bond donors (Lipinski definition) is 1. The summed E-state index contributed by atoms with van der Waals surface area (Å²) in [5.74, 6) is 0.257. The Hall–Kier alpha value is -2.88. The lowest BCUT2D eigenvalue weighted by Gasteiger charge is -2.09. The summed E-state index contributed by atoms with van der Waals surface area (Å²) in [7, 11) is 0. The Balaban J connectivity index is 1.90. The van der Waals surface area contributed by atoms with Crippen LogP contribution in [0.1, 0.15) is 22.8 Å². The third kappa shape index (κ3) is 2.76. The third-order valence-corrected chi connectivity index (χ3v) is 3.50. The smallest absolute Gasteiger partial charge is 0.261 e. The minimum atomic E-state index is -0.221. The van der Waals surface area contributed by atoms with E-state index < -0.39 is 0 Å². The maximum atomic E-state index is 12.5. The molecule has 4 heteroatoms. The molecular formula is C18H16N2O2. The van der Waals surface area contributed by atoms with Crippen LogP contribution in [0.4, 0.5) is 5.69 Å². The number of nitrogens with one attached hydrogen (secondary N) is 1. The number of nitrogens with zero attached hydrogens (tertiary/aromatic N) is 1. The second kappa shape index (κ2) is 6.26. The molecule has 0 saturated heterocycles. The predicted molar refractivity (Wildman–Crippen MR) is 85.7 cm³/mol. The highest BCUT2D eigenvalue weighted by Gasteiger charge is 2.18. The fraction of sp³-hybridized carbons (Fsp3) is 0.111. The van der Waals surface area contributed by atoms with Crippen molar-refractivity contribution in [2.75, 3.05) is 5.32 Å². The zero-order chi connectivity index (χ0) is 15.4. The summed E-state index contributed by atoms with van der Waals surface area (Å²) in [6.45, 7) is 2.06. The SMILES string of the molecule is CCc1ccccc1NC(=O)c1cnoc1-c1ccccc1. The van der Waals surface area contributed by atoms with Gasteiger partial charge in [0, 0.05) is 11.3 Å². The van der Waals surface area contributed by atoms with Crippen molar-refractivity contribution in [3.05, 3.63) is 71.9 Å². The minimum Gasteiger partial charge on any atom is -0.355 e. The predicted octanol–water partition coefficient (Wildman–Crippen LogP) is 4.16. The van der Waals surface area contributed by atoms with E-state index in [1.54, 1.807) is 0 Å². The molecule has 0 fully saturated rings. The summed E-state index contributed by atoms with van der Waals surface area (Å²) in [4.78, 5) is 12.5. The lowest BCUT2D eigenvalue weighted by Crippen LogP contribution is -2.13. The van der Waals surface area contributed by atoms with Gasteiger partial charge in [-0.25, -0.2) is 0 Å². The van der Waals surface area contributed by atoms with Crippen molar-refractivity contribution in [2.45, 2.75) is 13.3 Å². The van der Waals surface area contributed by atoms with Gasteiger partial charge in [-0.05, 0) is 18.1 Å². The van der Waals surface area contributed by atoms with Crippen LogP contribution in [0.2, 0.25) is 0 Å². The number of aryl methyl sites for hydroxylation is 1. The van der Waals surface area contributed by atoms with Crippen LogP contribution in [0.3, 0.4) is 0 Å². The monoisotopic (exact) mass is 292 g/mol. The van der Waals surface area contributed by atoms with Crippen molar-refractivity contribution in [1.82, 2.24) is 5.16 Å². The van der Waals surface area contributed by atoms with Crippen molar-refractivity contribution in [1.29, 1.82) is 0 Å². The highest BCUT2D eigenvalue weighted by molar-refractivity contribution is 6.07. The van der Waals surface area contributed by atoms with E-state index in [4.69, 9.17) is 4.52 Å². The van der Waals surface area contributed by atoms with E-state index in [0.717, 1.165) is 23.2 Å². The summed E-state index contributed by atoms with van der Waals surface area (Å²) in [6, 6.07) is 17.2. The maximum Gasteiger partial charge on any atom is 0.261 e. The number of hydrogen-bond acceptors (Lipinski definition) is 3. The molecule has 1 N–H and O–H groups in total. The van der Waals surface area contributed by atoms with Gasteiger partial charge in [-0.2, -0.15) is 0 Å². The molecule has 4 nitrogen and oxygen atoms in total. The Morgan fingerprint density at radius 3 is 2.59 bits per heavy atom. The summed E-state index contributed by atoms with van der Waals surface area (Å²) in [5.41, 5.74) is 3.16. The maximum absolute atomic E-state index is 12.5. The number of anilines is 1. The Morgan fingerprint density at radius 1 is 1.09 bits per heavy atom. The van der Waals surface area contributed by atoms with Gasteiger partial charge in [-0.3, -0.25) is 4.79 Å². The van der Waals surface area contributed by atoms with E-state index in [1.165, 1.54) is 6.20 Å². The van der Waals surface area contributed by atoms with E-state index in [2.05, 4.69) is 17.4 Å². The molecule has 0 atom stereocenters. The standard InChI is InChI=1S/C18H16N2O2/c1-2-13-8-6-7-11-16(13)20-18(21)15-12-19-22-17(15)14-9-4-3-5-10-14/h3-12H,2H2,1H3,(H,20,21). The molecule has 1 amide bonds. The Morgan fingerprint density at radius 2 is 1.82 bits per heavy atom. The van der Waals surface area contributed by atoms with Crippen LogP contribution in [0.25, 0.3) is 11.3 Å². The molecule has 0 radical (unpaired) electrons. The molecule has 3 aromatic rings. The zero-order valence-electron chi connectivity index (χ0n) is 12.2. The molecule has 1 aromatic heterocycles. The molecule has 110 valence electrons. The second-order valence-electron chi connectivity index (χ2n) is 4.90. The quantitative estimate of drug-likeness (QED) is 0.785. The van der Waals surface area contributed by atoms with Crippen molar-refractivity contribution in [2.24, 2.45) is 0 Å². The van der Waals surface area contributed by atoms with Gasteiger partial charge in [0.15, 0.2) is 5.76 Å². The molecule has 0 unspecified atom stereocenters. The topological polar surface area (TPSA) is 55.1 Å². The van der Waals surface area contributed by atoms with Gasteiger partial charge < -0.3 is 9.84 Å². The van der Waals surface area contributed by atoms with Crippen molar-refractivity contribution in [3.63, 3.8) is 0 Å². The number of carbonyl (C=O) groups is 1. The van der Waals surface area contributed by atoms with Crippen molar-refractivity contribution in [3.8, 4) is 11.3 Å². The summed E-state index contributed by atoms with van der Waals surface area (Å²) < 4.78 is 5.26. The fourth-order valence-corrected chi connectivity index (χ4v) is 2.34. The molecule has 1 heterocycles. The Bertz CT molecular complexity index is 779. The van der Waals surface area contributed by atoms with Crippen molar-refractivity contribution >= 4 is 11.6 Å². The summed E-state index contributed by atoms with van der Waals surface area (Å²) in [5, 5.41) is 6.70. The highest BCUT2D eigenvalue weighted by Crippen LogP contribution is 2.24. The van der Waals surface area contributed by atoms with Crippen LogP contribution in [-0.2, 0) is 6.42 Å². The molecule has 0 saturated carbocycles. The molecule has 3 rings (SSSR count). The van der Waals surface area contributed by atoms with Gasteiger partial charge in [0.25, 0.3) is 5.91 Å². The van der Waals surface area contributed by atoms with Crippen LogP contribution < -0.4 is 5.32 Å². The fourth-order valence-electron chi connectivity index (χ4n) is 2.34. The van der Waals surface area contributed by atoms with Gasteiger partial charge in [-0.15, -0.1) is 0 Å². The van der Waals surface area contributed by atoms with Crippen LogP contribution in [0, 0.1) is 0 Å². The largest absolute Gasteiger partial charge is 0.355 e. The number of benzene rings is 2. The lowest BCUT2D eigenvalue weighted by molar-refractivity contribution is 0.102. The van der Waals surface area contributed by atoms with Gasteiger partial charge in [0.1, 0.15) is 5.56 Å². The van der Waals surface area contributed by atoms with Gasteiger partial charge >= 0.3 is 0 Å². The van der Waals surface area contributed by atoms with E-state index >= 15 is 0 Å². The first-order valence-electron chi connectivity index (χ1n) is 7.19. The number of carbonyl (C=O) groups excluding carboxylic acids is 1. The summed E-state index contributed by atoms with van der Waals surface area (Å²) >= 11 is 0. The van der Waals surface area contributed by atoms with Crippen LogP contribution in [0.5, 0.6) is 0 Å². The molecule has 0 spiro atoms. The molecule has 0 bridgehead atoms. The molecule has 0 aliphatic heterocycles. The van der Waals surface area contributed by atoms with E-state index in [1.807, 2.05) is 54.6 Å². The molecule has 2 aromatic carbocycles. The second-order valence-corrected chi connectivity index (χ2v) is 4.90.